The number of rotatable bonds is 1. The zero-order chi connectivity index (χ0) is 12.4. The van der Waals surface area contributed by atoms with Crippen molar-refractivity contribution in [1.82, 2.24) is 10.2 Å². The molecule has 0 spiro atoms. The van der Waals surface area contributed by atoms with Crippen LogP contribution in [0.15, 0.2) is 18.2 Å². The molecule has 17 heavy (non-hydrogen) atoms. The third-order valence-corrected chi connectivity index (χ3v) is 2.55. The van der Waals surface area contributed by atoms with Crippen molar-refractivity contribution < 1.29 is 9.59 Å². The molecule has 1 aromatic carbocycles. The van der Waals surface area contributed by atoms with Crippen LogP contribution < -0.4 is 16.8 Å². The predicted molar refractivity (Wildman–Crippen MR) is 64.2 cm³/mol. The molecule has 2 amide bonds. The van der Waals surface area contributed by atoms with Crippen LogP contribution in [0.25, 0.3) is 0 Å². The molecular formula is C11H14N4O2. The van der Waals surface area contributed by atoms with Gasteiger partial charge in [-0.2, -0.15) is 0 Å². The van der Waals surface area contributed by atoms with Gasteiger partial charge in [0.15, 0.2) is 0 Å². The van der Waals surface area contributed by atoms with Crippen molar-refractivity contribution in [2.75, 3.05) is 31.1 Å². The van der Waals surface area contributed by atoms with Crippen LogP contribution in [0.5, 0.6) is 0 Å². The van der Waals surface area contributed by atoms with E-state index >= 15 is 0 Å². The van der Waals surface area contributed by atoms with Crippen LogP contribution in [0.3, 0.4) is 0 Å². The smallest absolute Gasteiger partial charge is 0.254 e. The van der Waals surface area contributed by atoms with Gasteiger partial charge in [-0.15, -0.1) is 0 Å². The van der Waals surface area contributed by atoms with Gasteiger partial charge in [0.2, 0.25) is 5.91 Å². The standard InChI is InChI=1S/C11H14N4O2/c12-8-3-7(4-9(13)5-8)11(17)15-2-1-14-10(16)6-15/h3-5H,1-2,6,12-13H2,(H,14,16). The van der Waals surface area contributed by atoms with Gasteiger partial charge in [-0.3, -0.25) is 9.59 Å². The molecule has 6 heteroatoms. The number of piperazine rings is 1. The molecule has 1 heterocycles. The molecule has 0 aliphatic carbocycles. The maximum absolute atomic E-state index is 12.1. The van der Waals surface area contributed by atoms with Gasteiger partial charge in [-0.1, -0.05) is 0 Å². The van der Waals surface area contributed by atoms with Crippen molar-refractivity contribution in [1.29, 1.82) is 0 Å². The number of benzene rings is 1. The lowest BCUT2D eigenvalue weighted by atomic mass is 10.1. The first-order valence-corrected chi connectivity index (χ1v) is 5.28. The Hall–Kier alpha value is -2.24. The minimum Gasteiger partial charge on any atom is -0.399 e. The molecule has 1 aromatic rings. The topological polar surface area (TPSA) is 101 Å². The van der Waals surface area contributed by atoms with Crippen molar-refractivity contribution in [2.45, 2.75) is 0 Å². The van der Waals surface area contributed by atoms with Crippen LogP contribution in [0, 0.1) is 0 Å². The Morgan fingerprint density at radius 2 is 1.88 bits per heavy atom. The van der Waals surface area contributed by atoms with E-state index in [9.17, 15) is 9.59 Å². The Labute approximate surface area is 98.6 Å². The second-order valence-electron chi connectivity index (χ2n) is 3.97. The van der Waals surface area contributed by atoms with Gasteiger partial charge in [0.1, 0.15) is 0 Å². The molecular weight excluding hydrogens is 220 g/mol. The van der Waals surface area contributed by atoms with E-state index in [0.29, 0.717) is 30.0 Å². The molecule has 0 atom stereocenters. The second-order valence-corrected chi connectivity index (χ2v) is 3.97. The van der Waals surface area contributed by atoms with Crippen molar-refractivity contribution in [3.8, 4) is 0 Å². The van der Waals surface area contributed by atoms with Crippen LogP contribution in [0.2, 0.25) is 0 Å². The number of hydrogen-bond donors (Lipinski definition) is 3. The first kappa shape index (κ1) is 11.3. The van der Waals surface area contributed by atoms with E-state index in [1.54, 1.807) is 18.2 Å². The summed E-state index contributed by atoms with van der Waals surface area (Å²) in [6.07, 6.45) is 0. The molecule has 1 aliphatic heterocycles. The maximum Gasteiger partial charge on any atom is 0.254 e. The lowest BCUT2D eigenvalue weighted by Crippen LogP contribution is -2.49. The highest BCUT2D eigenvalue weighted by Crippen LogP contribution is 2.15. The van der Waals surface area contributed by atoms with Gasteiger partial charge < -0.3 is 21.7 Å². The van der Waals surface area contributed by atoms with Gasteiger partial charge in [-0.25, -0.2) is 0 Å². The number of nitrogens with one attached hydrogen (secondary N) is 1. The predicted octanol–water partition coefficient (Wildman–Crippen LogP) is -0.577. The van der Waals surface area contributed by atoms with E-state index in [1.165, 1.54) is 4.90 Å². The summed E-state index contributed by atoms with van der Waals surface area (Å²) in [7, 11) is 0. The minimum absolute atomic E-state index is 0.0769. The molecule has 0 saturated carbocycles. The Kier molecular flexibility index (Phi) is 2.86. The van der Waals surface area contributed by atoms with Crippen LogP contribution in [-0.2, 0) is 4.79 Å². The summed E-state index contributed by atoms with van der Waals surface area (Å²) in [5.74, 6) is -0.375. The first-order valence-electron chi connectivity index (χ1n) is 5.28. The highest BCUT2D eigenvalue weighted by atomic mass is 16.2. The van der Waals surface area contributed by atoms with Gasteiger partial charge in [0, 0.05) is 30.0 Å². The summed E-state index contributed by atoms with van der Waals surface area (Å²) in [6, 6.07) is 4.70. The maximum atomic E-state index is 12.1. The third-order valence-electron chi connectivity index (χ3n) is 2.55. The molecule has 0 aromatic heterocycles. The number of carbonyl (C=O) groups is 2. The molecule has 5 N–H and O–H groups in total. The lowest BCUT2D eigenvalue weighted by molar-refractivity contribution is -0.123. The van der Waals surface area contributed by atoms with Gasteiger partial charge in [-0.05, 0) is 18.2 Å². The number of carbonyl (C=O) groups excluding carboxylic acids is 2. The van der Waals surface area contributed by atoms with E-state index in [0.717, 1.165) is 0 Å². The molecule has 1 saturated heterocycles. The Balaban J connectivity index is 2.21. The van der Waals surface area contributed by atoms with E-state index in [2.05, 4.69) is 5.32 Å². The van der Waals surface area contributed by atoms with E-state index < -0.39 is 0 Å². The fourth-order valence-electron chi connectivity index (χ4n) is 1.79. The molecule has 0 bridgehead atoms. The number of hydrogen-bond acceptors (Lipinski definition) is 4. The van der Waals surface area contributed by atoms with Crippen LogP contribution >= 0.6 is 0 Å². The Morgan fingerprint density at radius 1 is 1.24 bits per heavy atom. The summed E-state index contributed by atoms with van der Waals surface area (Å²) < 4.78 is 0. The molecule has 6 nitrogen and oxygen atoms in total. The summed E-state index contributed by atoms with van der Waals surface area (Å²) >= 11 is 0. The van der Waals surface area contributed by atoms with Gasteiger partial charge >= 0.3 is 0 Å². The SMILES string of the molecule is Nc1cc(N)cc(C(=O)N2CCNC(=O)C2)c1. The zero-order valence-corrected chi connectivity index (χ0v) is 9.27. The number of nitrogens with zero attached hydrogens (tertiary/aromatic N) is 1. The summed E-state index contributed by atoms with van der Waals surface area (Å²) in [4.78, 5) is 24.8. The molecule has 2 rings (SSSR count). The summed E-state index contributed by atoms with van der Waals surface area (Å²) in [5.41, 5.74) is 12.5. The largest absolute Gasteiger partial charge is 0.399 e. The fourth-order valence-corrected chi connectivity index (χ4v) is 1.79. The number of anilines is 2. The van der Waals surface area contributed by atoms with Crippen molar-refractivity contribution >= 4 is 23.2 Å². The van der Waals surface area contributed by atoms with Crippen molar-refractivity contribution in [3.63, 3.8) is 0 Å². The Morgan fingerprint density at radius 3 is 2.47 bits per heavy atom. The minimum atomic E-state index is -0.223. The fraction of sp³-hybridized carbons (Fsp3) is 0.273. The summed E-state index contributed by atoms with van der Waals surface area (Å²) in [5, 5.41) is 2.66. The van der Waals surface area contributed by atoms with Crippen LogP contribution in [0.1, 0.15) is 10.4 Å². The van der Waals surface area contributed by atoms with Crippen LogP contribution in [0.4, 0.5) is 11.4 Å². The average molecular weight is 234 g/mol. The molecule has 1 fully saturated rings. The molecule has 1 aliphatic rings. The number of nitrogens with two attached hydrogens (primary N) is 2. The number of nitrogen functional groups attached to an aromatic ring is 2. The highest BCUT2D eigenvalue weighted by Gasteiger charge is 2.22. The van der Waals surface area contributed by atoms with Crippen molar-refractivity contribution in [3.05, 3.63) is 23.8 Å². The highest BCUT2D eigenvalue weighted by molar-refractivity contribution is 5.98. The van der Waals surface area contributed by atoms with Gasteiger partial charge in [0.05, 0.1) is 6.54 Å². The number of amides is 2. The van der Waals surface area contributed by atoms with Crippen molar-refractivity contribution in [2.24, 2.45) is 0 Å². The normalized spacial score (nSPS) is 15.5. The van der Waals surface area contributed by atoms with Crippen LogP contribution in [-0.4, -0.2) is 36.3 Å². The molecule has 0 unspecified atom stereocenters. The average Bonchev–Trinajstić information content (AvgIpc) is 2.26. The second kappa shape index (κ2) is 4.32. The van der Waals surface area contributed by atoms with E-state index in [1.807, 2.05) is 0 Å². The monoisotopic (exact) mass is 234 g/mol. The van der Waals surface area contributed by atoms with E-state index in [4.69, 9.17) is 11.5 Å². The van der Waals surface area contributed by atoms with Gasteiger partial charge in [0.25, 0.3) is 5.91 Å². The Bertz CT molecular complexity index is 452. The van der Waals surface area contributed by atoms with E-state index in [-0.39, 0.29) is 18.4 Å². The molecule has 0 radical (unpaired) electrons. The quantitative estimate of drug-likeness (QED) is 0.566. The zero-order valence-electron chi connectivity index (χ0n) is 9.27. The molecule has 90 valence electrons. The third kappa shape index (κ3) is 2.47. The summed E-state index contributed by atoms with van der Waals surface area (Å²) in [6.45, 7) is 1.05. The lowest BCUT2D eigenvalue weighted by Gasteiger charge is -2.26. The first-order chi connectivity index (χ1) is 8.06.